The first-order chi connectivity index (χ1) is 11.6. The molecule has 3 rings (SSSR count). The van der Waals surface area contributed by atoms with E-state index < -0.39 is 0 Å². The Morgan fingerprint density at radius 1 is 1.17 bits per heavy atom. The number of carbonyl (C=O) groups is 2. The predicted octanol–water partition coefficient (Wildman–Crippen LogP) is 2.40. The molecule has 2 fully saturated rings. The summed E-state index contributed by atoms with van der Waals surface area (Å²) in [5.74, 6) is 0.626. The molecular formula is C19H27N3O2. The summed E-state index contributed by atoms with van der Waals surface area (Å²) in [6, 6.07) is 7.59. The third kappa shape index (κ3) is 3.61. The quantitative estimate of drug-likeness (QED) is 0.926. The summed E-state index contributed by atoms with van der Waals surface area (Å²) < 4.78 is 0. The summed E-state index contributed by atoms with van der Waals surface area (Å²) >= 11 is 0. The first-order valence-corrected chi connectivity index (χ1v) is 9.01. The fourth-order valence-electron chi connectivity index (χ4n) is 3.67. The molecule has 2 saturated heterocycles. The van der Waals surface area contributed by atoms with Crippen molar-refractivity contribution in [2.24, 2.45) is 11.7 Å². The van der Waals surface area contributed by atoms with E-state index in [4.69, 9.17) is 5.73 Å². The monoisotopic (exact) mass is 329 g/mol. The van der Waals surface area contributed by atoms with E-state index >= 15 is 0 Å². The SMILES string of the molecule is C[C@H](N)[C@H]1CCCN(C(=O)c2ccc(N3CCCCC3=O)cc2)C1. The highest BCUT2D eigenvalue weighted by atomic mass is 16.2. The largest absolute Gasteiger partial charge is 0.338 e. The lowest BCUT2D eigenvalue weighted by Crippen LogP contribution is -2.45. The van der Waals surface area contributed by atoms with Crippen LogP contribution in [0.2, 0.25) is 0 Å². The molecule has 2 amide bonds. The number of likely N-dealkylation sites (tertiary alicyclic amines) is 1. The zero-order chi connectivity index (χ0) is 17.1. The summed E-state index contributed by atoms with van der Waals surface area (Å²) in [4.78, 5) is 28.5. The fourth-order valence-corrected chi connectivity index (χ4v) is 3.67. The van der Waals surface area contributed by atoms with Gasteiger partial charge in [0.15, 0.2) is 0 Å². The zero-order valence-electron chi connectivity index (χ0n) is 14.4. The standard InChI is InChI=1S/C19H27N3O2/c1-14(20)16-5-4-11-21(13-16)19(24)15-7-9-17(10-8-15)22-12-3-2-6-18(22)23/h7-10,14,16H,2-6,11-13,20H2,1H3/t14-,16-/m0/s1. The summed E-state index contributed by atoms with van der Waals surface area (Å²) in [6.45, 7) is 4.33. The third-order valence-electron chi connectivity index (χ3n) is 5.24. The van der Waals surface area contributed by atoms with Gasteiger partial charge in [0.05, 0.1) is 0 Å². The lowest BCUT2D eigenvalue weighted by atomic mass is 9.92. The molecule has 2 aliphatic heterocycles. The highest BCUT2D eigenvalue weighted by Crippen LogP contribution is 2.24. The second-order valence-electron chi connectivity index (χ2n) is 7.06. The van der Waals surface area contributed by atoms with Gasteiger partial charge in [0.2, 0.25) is 5.91 Å². The van der Waals surface area contributed by atoms with Gasteiger partial charge in [-0.15, -0.1) is 0 Å². The number of piperidine rings is 2. The van der Waals surface area contributed by atoms with Gasteiger partial charge in [-0.25, -0.2) is 0 Å². The van der Waals surface area contributed by atoms with Crippen LogP contribution in [-0.4, -0.2) is 42.4 Å². The van der Waals surface area contributed by atoms with Crippen molar-refractivity contribution in [3.8, 4) is 0 Å². The van der Waals surface area contributed by atoms with Crippen molar-refractivity contribution in [3.63, 3.8) is 0 Å². The van der Waals surface area contributed by atoms with Gasteiger partial charge in [0, 0.05) is 43.3 Å². The third-order valence-corrected chi connectivity index (χ3v) is 5.24. The smallest absolute Gasteiger partial charge is 0.253 e. The van der Waals surface area contributed by atoms with Gasteiger partial charge in [0.25, 0.3) is 5.91 Å². The van der Waals surface area contributed by atoms with Gasteiger partial charge in [-0.2, -0.15) is 0 Å². The molecule has 24 heavy (non-hydrogen) atoms. The van der Waals surface area contributed by atoms with Crippen molar-refractivity contribution in [2.75, 3.05) is 24.5 Å². The van der Waals surface area contributed by atoms with Crippen molar-refractivity contribution < 1.29 is 9.59 Å². The molecule has 1 aromatic rings. The number of hydrogen-bond donors (Lipinski definition) is 1. The second-order valence-corrected chi connectivity index (χ2v) is 7.06. The summed E-state index contributed by atoms with van der Waals surface area (Å²) in [5, 5.41) is 0. The Bertz CT molecular complexity index is 597. The molecule has 2 atom stereocenters. The Morgan fingerprint density at radius 3 is 2.58 bits per heavy atom. The van der Waals surface area contributed by atoms with Crippen LogP contribution in [0.4, 0.5) is 5.69 Å². The Balaban J connectivity index is 1.68. The molecule has 0 aromatic heterocycles. The maximum absolute atomic E-state index is 12.7. The second kappa shape index (κ2) is 7.34. The van der Waals surface area contributed by atoms with E-state index in [1.165, 1.54) is 0 Å². The van der Waals surface area contributed by atoms with Crippen molar-refractivity contribution in [1.82, 2.24) is 4.90 Å². The van der Waals surface area contributed by atoms with E-state index in [1.54, 1.807) is 0 Å². The molecular weight excluding hydrogens is 302 g/mol. The summed E-state index contributed by atoms with van der Waals surface area (Å²) in [5.41, 5.74) is 7.59. The van der Waals surface area contributed by atoms with Gasteiger partial charge in [-0.3, -0.25) is 9.59 Å². The Kier molecular flexibility index (Phi) is 5.19. The average Bonchev–Trinajstić information content (AvgIpc) is 2.62. The molecule has 5 heteroatoms. The number of nitrogens with zero attached hydrogens (tertiary/aromatic N) is 2. The minimum absolute atomic E-state index is 0.0665. The molecule has 1 aromatic carbocycles. The van der Waals surface area contributed by atoms with Gasteiger partial charge >= 0.3 is 0 Å². The molecule has 0 saturated carbocycles. The van der Waals surface area contributed by atoms with Crippen molar-refractivity contribution in [1.29, 1.82) is 0 Å². The number of carbonyl (C=O) groups excluding carboxylic acids is 2. The predicted molar refractivity (Wildman–Crippen MR) is 94.9 cm³/mol. The van der Waals surface area contributed by atoms with Crippen LogP contribution in [0.3, 0.4) is 0 Å². The molecule has 2 heterocycles. The Labute approximate surface area is 143 Å². The first-order valence-electron chi connectivity index (χ1n) is 9.01. The fraction of sp³-hybridized carbons (Fsp3) is 0.579. The van der Waals surface area contributed by atoms with E-state index in [2.05, 4.69) is 0 Å². The van der Waals surface area contributed by atoms with Gasteiger partial charge in [-0.05, 0) is 62.8 Å². The number of rotatable bonds is 3. The average molecular weight is 329 g/mol. The highest BCUT2D eigenvalue weighted by molar-refractivity contribution is 5.97. The summed E-state index contributed by atoms with van der Waals surface area (Å²) in [7, 11) is 0. The van der Waals surface area contributed by atoms with E-state index in [1.807, 2.05) is 41.0 Å². The first kappa shape index (κ1) is 17.0. The molecule has 130 valence electrons. The van der Waals surface area contributed by atoms with Crippen LogP contribution in [0.1, 0.15) is 49.4 Å². The lowest BCUT2D eigenvalue weighted by molar-refractivity contribution is -0.119. The summed E-state index contributed by atoms with van der Waals surface area (Å²) in [6.07, 6.45) is 4.74. The molecule has 0 aliphatic carbocycles. The van der Waals surface area contributed by atoms with Crippen LogP contribution < -0.4 is 10.6 Å². The van der Waals surface area contributed by atoms with E-state index in [9.17, 15) is 9.59 Å². The number of amides is 2. The molecule has 0 bridgehead atoms. The molecule has 2 N–H and O–H groups in total. The van der Waals surface area contributed by atoms with Gasteiger partial charge in [0.1, 0.15) is 0 Å². The van der Waals surface area contributed by atoms with Crippen LogP contribution in [0, 0.1) is 5.92 Å². The maximum Gasteiger partial charge on any atom is 0.253 e. The Hall–Kier alpha value is -1.88. The van der Waals surface area contributed by atoms with Crippen molar-refractivity contribution >= 4 is 17.5 Å². The molecule has 5 nitrogen and oxygen atoms in total. The van der Waals surface area contributed by atoms with Crippen LogP contribution in [0.25, 0.3) is 0 Å². The van der Waals surface area contributed by atoms with E-state index in [-0.39, 0.29) is 17.9 Å². The van der Waals surface area contributed by atoms with Gasteiger partial charge in [-0.1, -0.05) is 0 Å². The molecule has 0 spiro atoms. The van der Waals surface area contributed by atoms with Gasteiger partial charge < -0.3 is 15.5 Å². The topological polar surface area (TPSA) is 66.6 Å². The van der Waals surface area contributed by atoms with Crippen LogP contribution in [0.15, 0.2) is 24.3 Å². The molecule has 2 aliphatic rings. The highest BCUT2D eigenvalue weighted by Gasteiger charge is 2.26. The van der Waals surface area contributed by atoms with Crippen molar-refractivity contribution in [2.45, 2.75) is 45.1 Å². The van der Waals surface area contributed by atoms with E-state index in [0.29, 0.717) is 17.9 Å². The normalized spacial score (nSPS) is 23.2. The number of nitrogens with two attached hydrogens (primary N) is 1. The van der Waals surface area contributed by atoms with Crippen LogP contribution in [0.5, 0.6) is 0 Å². The minimum Gasteiger partial charge on any atom is -0.338 e. The number of anilines is 1. The number of benzene rings is 1. The van der Waals surface area contributed by atoms with Crippen LogP contribution in [-0.2, 0) is 4.79 Å². The zero-order valence-corrected chi connectivity index (χ0v) is 14.4. The Morgan fingerprint density at radius 2 is 1.92 bits per heavy atom. The maximum atomic E-state index is 12.7. The lowest BCUT2D eigenvalue weighted by Gasteiger charge is -2.34. The van der Waals surface area contributed by atoms with E-state index in [0.717, 1.165) is 51.0 Å². The number of hydrogen-bond acceptors (Lipinski definition) is 3. The van der Waals surface area contributed by atoms with Crippen LogP contribution >= 0.6 is 0 Å². The minimum atomic E-state index is 0.0665. The molecule has 0 unspecified atom stereocenters. The van der Waals surface area contributed by atoms with Crippen molar-refractivity contribution in [3.05, 3.63) is 29.8 Å². The molecule has 0 radical (unpaired) electrons.